The highest BCUT2D eigenvalue weighted by atomic mass is 16.4. The van der Waals surface area contributed by atoms with E-state index in [0.29, 0.717) is 11.5 Å². The molecule has 4 heteroatoms. The van der Waals surface area contributed by atoms with E-state index in [4.69, 9.17) is 10.0 Å². The highest BCUT2D eigenvalue weighted by Crippen LogP contribution is 2.23. The Labute approximate surface area is 84.2 Å². The van der Waals surface area contributed by atoms with Crippen molar-refractivity contribution in [1.29, 1.82) is 0 Å². The maximum Gasteiger partial charge on any atom is 0.456 e. The van der Waals surface area contributed by atoms with Gasteiger partial charge in [-0.2, -0.15) is 0 Å². The molecule has 0 spiro atoms. The van der Waals surface area contributed by atoms with Crippen LogP contribution in [0.3, 0.4) is 0 Å². The summed E-state index contributed by atoms with van der Waals surface area (Å²) >= 11 is 0. The summed E-state index contributed by atoms with van der Waals surface area (Å²) in [5.74, 6) is 0.479. The third-order valence-corrected chi connectivity index (χ3v) is 2.17. The zero-order valence-corrected chi connectivity index (χ0v) is 8.44. The number of rotatable bonds is 3. The first-order chi connectivity index (χ1) is 6.50. The van der Waals surface area contributed by atoms with Crippen LogP contribution in [0.4, 0.5) is 0 Å². The van der Waals surface area contributed by atoms with Crippen LogP contribution in [0.15, 0.2) is 18.2 Å². The number of phenolic OH excluding ortho intramolecular Hbond substituents is 1. The van der Waals surface area contributed by atoms with Gasteiger partial charge in [0.1, 0.15) is 5.75 Å². The molecule has 0 aromatic heterocycles. The Morgan fingerprint density at radius 2 is 1.93 bits per heavy atom. The van der Waals surface area contributed by atoms with E-state index in [1.54, 1.807) is 12.1 Å². The topological polar surface area (TPSA) is 60.7 Å². The van der Waals surface area contributed by atoms with Gasteiger partial charge in [0.15, 0.2) is 0 Å². The first-order valence-electron chi connectivity index (χ1n) is 4.68. The van der Waals surface area contributed by atoms with Crippen molar-refractivity contribution in [2.45, 2.75) is 26.1 Å². The molecule has 0 saturated carbocycles. The van der Waals surface area contributed by atoms with Gasteiger partial charge in [0, 0.05) is 6.32 Å². The van der Waals surface area contributed by atoms with Crippen molar-refractivity contribution in [3.8, 4) is 5.75 Å². The number of aromatic hydroxyl groups is 1. The van der Waals surface area contributed by atoms with Crippen molar-refractivity contribution >= 4 is 7.12 Å². The minimum atomic E-state index is -1.41. The lowest BCUT2D eigenvalue weighted by atomic mass is 9.81. The lowest BCUT2D eigenvalue weighted by Gasteiger charge is -2.09. The van der Waals surface area contributed by atoms with E-state index >= 15 is 0 Å². The molecule has 0 aliphatic heterocycles. The standard InChI is InChI=1S/C10H15BO3/c1-7(2)8-3-4-10(12)9(5-8)6-11(13)14/h3-5,7,12-14H,6H2,1-2H3. The SMILES string of the molecule is CC(C)c1ccc(O)c(CB(O)O)c1. The Hall–Kier alpha value is -0.995. The molecule has 14 heavy (non-hydrogen) atoms. The monoisotopic (exact) mass is 194 g/mol. The van der Waals surface area contributed by atoms with Gasteiger partial charge in [-0.15, -0.1) is 0 Å². The maximum atomic E-state index is 9.44. The van der Waals surface area contributed by atoms with Crippen LogP contribution in [-0.4, -0.2) is 22.3 Å². The molecule has 0 radical (unpaired) electrons. The number of phenols is 1. The van der Waals surface area contributed by atoms with Crippen LogP contribution in [0.2, 0.25) is 0 Å². The van der Waals surface area contributed by atoms with Crippen LogP contribution < -0.4 is 0 Å². The zero-order valence-electron chi connectivity index (χ0n) is 8.44. The number of hydrogen-bond acceptors (Lipinski definition) is 3. The average Bonchev–Trinajstić information content (AvgIpc) is 2.07. The van der Waals surface area contributed by atoms with Crippen molar-refractivity contribution in [3.05, 3.63) is 29.3 Å². The Balaban J connectivity index is 2.96. The predicted molar refractivity (Wildman–Crippen MR) is 56.1 cm³/mol. The summed E-state index contributed by atoms with van der Waals surface area (Å²) in [5, 5.41) is 27.1. The van der Waals surface area contributed by atoms with E-state index in [9.17, 15) is 5.11 Å². The van der Waals surface area contributed by atoms with E-state index in [0.717, 1.165) is 5.56 Å². The summed E-state index contributed by atoms with van der Waals surface area (Å²) in [6.45, 7) is 4.09. The number of benzene rings is 1. The second kappa shape index (κ2) is 4.48. The molecule has 0 saturated heterocycles. The Kier molecular flexibility index (Phi) is 3.55. The van der Waals surface area contributed by atoms with Crippen molar-refractivity contribution in [1.82, 2.24) is 0 Å². The van der Waals surface area contributed by atoms with Gasteiger partial charge in [-0.25, -0.2) is 0 Å². The lowest BCUT2D eigenvalue weighted by molar-refractivity contribution is 0.402. The normalized spacial score (nSPS) is 10.6. The van der Waals surface area contributed by atoms with Gasteiger partial charge >= 0.3 is 7.12 Å². The second-order valence-electron chi connectivity index (χ2n) is 3.73. The van der Waals surface area contributed by atoms with Gasteiger partial charge in [0.2, 0.25) is 0 Å². The van der Waals surface area contributed by atoms with E-state index in [1.807, 2.05) is 19.9 Å². The molecule has 1 rings (SSSR count). The van der Waals surface area contributed by atoms with Gasteiger partial charge < -0.3 is 15.2 Å². The Morgan fingerprint density at radius 1 is 1.29 bits per heavy atom. The molecule has 76 valence electrons. The van der Waals surface area contributed by atoms with Crippen molar-refractivity contribution < 1.29 is 15.2 Å². The third kappa shape index (κ3) is 2.75. The van der Waals surface area contributed by atoms with Gasteiger partial charge in [-0.3, -0.25) is 0 Å². The van der Waals surface area contributed by atoms with Gasteiger partial charge in [-0.1, -0.05) is 26.0 Å². The minimum absolute atomic E-state index is 0.0619. The van der Waals surface area contributed by atoms with E-state index in [-0.39, 0.29) is 12.1 Å². The zero-order chi connectivity index (χ0) is 10.7. The van der Waals surface area contributed by atoms with Gasteiger partial charge in [0.25, 0.3) is 0 Å². The molecule has 0 amide bonds. The molecule has 0 aliphatic carbocycles. The molecular formula is C10H15BO3. The molecule has 0 fully saturated rings. The highest BCUT2D eigenvalue weighted by Gasteiger charge is 2.12. The summed E-state index contributed by atoms with van der Waals surface area (Å²) in [6, 6.07) is 5.24. The fraction of sp³-hybridized carbons (Fsp3) is 0.400. The maximum absolute atomic E-state index is 9.44. The molecular weight excluding hydrogens is 179 g/mol. The van der Waals surface area contributed by atoms with Crippen LogP contribution >= 0.6 is 0 Å². The van der Waals surface area contributed by atoms with E-state index in [2.05, 4.69) is 0 Å². The van der Waals surface area contributed by atoms with Crippen LogP contribution in [0.25, 0.3) is 0 Å². The molecule has 0 aliphatic rings. The van der Waals surface area contributed by atoms with Crippen molar-refractivity contribution in [2.75, 3.05) is 0 Å². The molecule has 0 unspecified atom stereocenters. The summed E-state index contributed by atoms with van der Waals surface area (Å²) < 4.78 is 0. The van der Waals surface area contributed by atoms with Crippen molar-refractivity contribution in [3.63, 3.8) is 0 Å². The predicted octanol–water partition coefficient (Wildman–Crippen LogP) is 1.07. The summed E-state index contributed by atoms with van der Waals surface area (Å²) in [7, 11) is -1.41. The fourth-order valence-electron chi connectivity index (χ4n) is 1.32. The quantitative estimate of drug-likeness (QED) is 0.630. The van der Waals surface area contributed by atoms with Crippen LogP contribution in [-0.2, 0) is 6.32 Å². The van der Waals surface area contributed by atoms with Crippen molar-refractivity contribution in [2.24, 2.45) is 0 Å². The smallest absolute Gasteiger partial charge is 0.456 e. The number of hydrogen-bond donors (Lipinski definition) is 3. The van der Waals surface area contributed by atoms with E-state index < -0.39 is 7.12 Å². The van der Waals surface area contributed by atoms with Gasteiger partial charge in [0.05, 0.1) is 0 Å². The van der Waals surface area contributed by atoms with Crippen LogP contribution in [0, 0.1) is 0 Å². The average molecular weight is 194 g/mol. The summed E-state index contributed by atoms with van der Waals surface area (Å²) in [4.78, 5) is 0. The summed E-state index contributed by atoms with van der Waals surface area (Å²) in [6.07, 6.45) is 0.0619. The first kappa shape index (κ1) is 11.1. The minimum Gasteiger partial charge on any atom is -0.508 e. The van der Waals surface area contributed by atoms with Crippen LogP contribution in [0.1, 0.15) is 30.9 Å². The third-order valence-electron chi connectivity index (χ3n) is 2.17. The highest BCUT2D eigenvalue weighted by molar-refractivity contribution is 6.40. The largest absolute Gasteiger partial charge is 0.508 e. The molecule has 3 nitrogen and oxygen atoms in total. The second-order valence-corrected chi connectivity index (χ2v) is 3.73. The molecule has 1 aromatic rings. The van der Waals surface area contributed by atoms with Crippen LogP contribution in [0.5, 0.6) is 5.75 Å². The van der Waals surface area contributed by atoms with E-state index in [1.165, 1.54) is 0 Å². The molecule has 0 bridgehead atoms. The Bertz CT molecular complexity index is 310. The summed E-state index contributed by atoms with van der Waals surface area (Å²) in [5.41, 5.74) is 1.66. The molecule has 3 N–H and O–H groups in total. The first-order valence-corrected chi connectivity index (χ1v) is 4.68. The molecule has 0 atom stereocenters. The molecule has 0 heterocycles. The Morgan fingerprint density at radius 3 is 2.43 bits per heavy atom. The van der Waals surface area contributed by atoms with Gasteiger partial charge in [-0.05, 0) is 23.1 Å². The molecule has 1 aromatic carbocycles. The fourth-order valence-corrected chi connectivity index (χ4v) is 1.32. The lowest BCUT2D eigenvalue weighted by Crippen LogP contribution is -2.15.